The number of carbonyl (C=O) groups is 1. The number of alkyl halides is 3. The summed E-state index contributed by atoms with van der Waals surface area (Å²) < 4.78 is 68.6. The van der Waals surface area contributed by atoms with Crippen LogP contribution in [-0.2, 0) is 20.8 Å². The molecule has 1 aliphatic heterocycles. The summed E-state index contributed by atoms with van der Waals surface area (Å²) in [6.45, 7) is 3.38. The van der Waals surface area contributed by atoms with E-state index < -0.39 is 27.5 Å². The highest BCUT2D eigenvalue weighted by Gasteiger charge is 2.31. The van der Waals surface area contributed by atoms with E-state index in [2.05, 4.69) is 9.88 Å². The lowest BCUT2D eigenvalue weighted by molar-refractivity contribution is -0.137. The highest BCUT2D eigenvalue weighted by atomic mass is 35.5. The summed E-state index contributed by atoms with van der Waals surface area (Å²) in [5, 5.41) is 0.346. The Kier molecular flexibility index (Phi) is 8.43. The van der Waals surface area contributed by atoms with Crippen molar-refractivity contribution in [1.82, 2.24) is 9.88 Å². The molecule has 1 amide bonds. The third-order valence-corrected chi connectivity index (χ3v) is 7.61. The molecule has 1 fully saturated rings. The lowest BCUT2D eigenvalue weighted by atomic mass is 10.1. The average Bonchev–Trinajstić information content (AvgIpc) is 3.22. The fourth-order valence-corrected chi connectivity index (χ4v) is 5.30. The number of aromatic nitrogens is 1. The molecular weight excluding hydrogens is 527 g/mol. The summed E-state index contributed by atoms with van der Waals surface area (Å²) >= 11 is 1.16. The minimum absolute atomic E-state index is 0. The molecule has 1 saturated heterocycles. The van der Waals surface area contributed by atoms with Gasteiger partial charge in [0, 0.05) is 38.0 Å². The van der Waals surface area contributed by atoms with Gasteiger partial charge in [0.05, 0.1) is 33.9 Å². The van der Waals surface area contributed by atoms with Crippen LogP contribution in [0.25, 0.3) is 10.2 Å². The maximum absolute atomic E-state index is 13.4. The van der Waals surface area contributed by atoms with E-state index in [9.17, 15) is 26.4 Å². The number of carbonyl (C=O) groups excluding carboxylic acids is 1. The van der Waals surface area contributed by atoms with Gasteiger partial charge < -0.3 is 4.74 Å². The number of hydrogen-bond acceptors (Lipinski definition) is 7. The summed E-state index contributed by atoms with van der Waals surface area (Å²) in [6.07, 6.45) is -3.39. The molecule has 0 radical (unpaired) electrons. The van der Waals surface area contributed by atoms with Crippen LogP contribution in [0.1, 0.15) is 15.9 Å². The van der Waals surface area contributed by atoms with Crippen molar-refractivity contribution in [3.05, 3.63) is 53.6 Å². The first-order valence-electron chi connectivity index (χ1n) is 10.4. The molecular formula is C22H23ClF3N3O4S2. The van der Waals surface area contributed by atoms with Gasteiger partial charge in [-0.05, 0) is 42.5 Å². The molecule has 0 atom stereocenters. The van der Waals surface area contributed by atoms with Crippen LogP contribution < -0.4 is 4.90 Å². The number of sulfone groups is 1. The van der Waals surface area contributed by atoms with Gasteiger partial charge in [0.2, 0.25) is 0 Å². The number of nitrogens with zero attached hydrogens (tertiary/aromatic N) is 3. The average molecular weight is 550 g/mol. The minimum atomic E-state index is -4.50. The van der Waals surface area contributed by atoms with Crippen molar-refractivity contribution < 1.29 is 31.1 Å². The Bertz CT molecular complexity index is 1290. The number of hydrogen-bond donors (Lipinski definition) is 0. The number of amides is 1. The summed E-state index contributed by atoms with van der Waals surface area (Å²) in [7, 11) is -3.42. The van der Waals surface area contributed by atoms with E-state index >= 15 is 0 Å². The minimum Gasteiger partial charge on any atom is -0.379 e. The molecule has 7 nitrogen and oxygen atoms in total. The van der Waals surface area contributed by atoms with Gasteiger partial charge in [-0.1, -0.05) is 11.3 Å². The third-order valence-electron chi connectivity index (χ3n) is 5.46. The Morgan fingerprint density at radius 2 is 1.80 bits per heavy atom. The van der Waals surface area contributed by atoms with Gasteiger partial charge in [-0.2, -0.15) is 13.2 Å². The molecule has 4 rings (SSSR count). The monoisotopic (exact) mass is 549 g/mol. The van der Waals surface area contributed by atoms with Gasteiger partial charge in [-0.3, -0.25) is 14.6 Å². The van der Waals surface area contributed by atoms with E-state index in [1.165, 1.54) is 17.0 Å². The van der Waals surface area contributed by atoms with Gasteiger partial charge in [-0.15, -0.1) is 12.4 Å². The normalized spacial score (nSPS) is 15.1. The molecule has 0 bridgehead atoms. The van der Waals surface area contributed by atoms with Crippen molar-refractivity contribution in [2.75, 3.05) is 50.5 Å². The molecule has 35 heavy (non-hydrogen) atoms. The zero-order valence-electron chi connectivity index (χ0n) is 18.6. The molecule has 0 spiro atoms. The van der Waals surface area contributed by atoms with Gasteiger partial charge in [0.15, 0.2) is 15.0 Å². The van der Waals surface area contributed by atoms with E-state index in [1.54, 1.807) is 6.07 Å². The Morgan fingerprint density at radius 1 is 1.14 bits per heavy atom. The van der Waals surface area contributed by atoms with Crippen LogP contribution in [0.3, 0.4) is 0 Å². The van der Waals surface area contributed by atoms with Crippen LogP contribution in [0.5, 0.6) is 0 Å². The van der Waals surface area contributed by atoms with E-state index in [0.717, 1.165) is 41.9 Å². The second kappa shape index (κ2) is 10.8. The highest BCUT2D eigenvalue weighted by molar-refractivity contribution is 7.90. The largest absolute Gasteiger partial charge is 0.416 e. The number of morpholine rings is 1. The van der Waals surface area contributed by atoms with Crippen LogP contribution in [0.15, 0.2) is 47.4 Å². The van der Waals surface area contributed by atoms with E-state index in [1.807, 2.05) is 0 Å². The maximum atomic E-state index is 13.4. The number of rotatable bonds is 6. The van der Waals surface area contributed by atoms with Crippen molar-refractivity contribution in [1.29, 1.82) is 0 Å². The zero-order valence-corrected chi connectivity index (χ0v) is 21.1. The van der Waals surface area contributed by atoms with Crippen LogP contribution in [0.2, 0.25) is 0 Å². The van der Waals surface area contributed by atoms with Crippen molar-refractivity contribution in [3.8, 4) is 0 Å². The maximum Gasteiger partial charge on any atom is 0.416 e. The standard InChI is InChI=1S/C22H22F3N3O4S2.ClH/c1-34(30,31)17-6-7-18-19(14-17)33-21(26-18)28(9-8-27-10-12-32-13-11-27)20(29)15-2-4-16(5-3-15)22(23,24)25;/h2-7,14H,8-13H2,1H3;1H. The Morgan fingerprint density at radius 3 is 2.40 bits per heavy atom. The Hall–Kier alpha value is -2.25. The zero-order chi connectivity index (χ0) is 24.5. The van der Waals surface area contributed by atoms with Crippen molar-refractivity contribution >= 4 is 54.8 Å². The van der Waals surface area contributed by atoms with Crippen molar-refractivity contribution in [2.45, 2.75) is 11.1 Å². The molecule has 0 N–H and O–H groups in total. The lowest BCUT2D eigenvalue weighted by Gasteiger charge is -2.29. The highest BCUT2D eigenvalue weighted by Crippen LogP contribution is 2.32. The molecule has 3 aromatic rings. The number of fused-ring (bicyclic) bond motifs is 1. The second-order valence-electron chi connectivity index (χ2n) is 7.88. The van der Waals surface area contributed by atoms with Gasteiger partial charge >= 0.3 is 6.18 Å². The molecule has 2 aromatic carbocycles. The number of anilines is 1. The predicted octanol–water partition coefficient (Wildman–Crippen LogP) is 4.12. The topological polar surface area (TPSA) is 79.8 Å². The molecule has 13 heteroatoms. The van der Waals surface area contributed by atoms with E-state index in [4.69, 9.17) is 4.74 Å². The summed E-state index contributed by atoms with van der Waals surface area (Å²) in [5.41, 5.74) is -0.202. The molecule has 0 saturated carbocycles. The summed E-state index contributed by atoms with van der Waals surface area (Å²) in [4.78, 5) is 21.6. The summed E-state index contributed by atoms with van der Waals surface area (Å²) in [5.74, 6) is -0.482. The SMILES string of the molecule is CS(=O)(=O)c1ccc2nc(N(CCN3CCOCC3)C(=O)c3ccc(C(F)(F)F)cc3)sc2c1.Cl. The van der Waals surface area contributed by atoms with Crippen molar-refractivity contribution in [3.63, 3.8) is 0 Å². The van der Waals surface area contributed by atoms with E-state index in [-0.39, 0.29) is 29.4 Å². The first-order chi connectivity index (χ1) is 16.0. The first-order valence-corrected chi connectivity index (χ1v) is 13.1. The van der Waals surface area contributed by atoms with Crippen LogP contribution in [-0.4, -0.2) is 69.9 Å². The smallest absolute Gasteiger partial charge is 0.379 e. The van der Waals surface area contributed by atoms with Gasteiger partial charge in [0.1, 0.15) is 0 Å². The van der Waals surface area contributed by atoms with Gasteiger partial charge in [-0.25, -0.2) is 13.4 Å². The van der Waals surface area contributed by atoms with Crippen molar-refractivity contribution in [2.24, 2.45) is 0 Å². The van der Waals surface area contributed by atoms with Crippen LogP contribution >= 0.6 is 23.7 Å². The molecule has 2 heterocycles. The lowest BCUT2D eigenvalue weighted by Crippen LogP contribution is -2.43. The molecule has 1 aromatic heterocycles. The third kappa shape index (κ3) is 6.50. The number of thiazole rings is 1. The number of halogens is 4. The van der Waals surface area contributed by atoms with E-state index in [0.29, 0.717) is 48.2 Å². The van der Waals surface area contributed by atoms with Crippen LogP contribution in [0.4, 0.5) is 18.3 Å². The molecule has 190 valence electrons. The molecule has 1 aliphatic rings. The number of ether oxygens (including phenoxy) is 1. The van der Waals surface area contributed by atoms with Gasteiger partial charge in [0.25, 0.3) is 5.91 Å². The fraction of sp³-hybridized carbons (Fsp3) is 0.364. The first kappa shape index (κ1) is 27.3. The second-order valence-corrected chi connectivity index (χ2v) is 10.9. The Balaban J connectivity index is 0.00000342. The number of benzene rings is 2. The molecule has 0 unspecified atom stereocenters. The predicted molar refractivity (Wildman–Crippen MR) is 130 cm³/mol. The van der Waals surface area contributed by atoms with Crippen LogP contribution in [0, 0.1) is 0 Å². The quantitative estimate of drug-likeness (QED) is 0.460. The Labute approximate surface area is 210 Å². The summed E-state index contributed by atoms with van der Waals surface area (Å²) in [6, 6.07) is 8.61. The molecule has 0 aliphatic carbocycles. The fourth-order valence-electron chi connectivity index (χ4n) is 3.55.